The van der Waals surface area contributed by atoms with E-state index in [4.69, 9.17) is 11.6 Å². The summed E-state index contributed by atoms with van der Waals surface area (Å²) in [6, 6.07) is 13.7. The number of hydrogen-bond acceptors (Lipinski definition) is 4. The van der Waals surface area contributed by atoms with Crippen molar-refractivity contribution in [1.29, 1.82) is 0 Å². The molecule has 0 bridgehead atoms. The molecule has 0 aliphatic carbocycles. The molecular weight excluding hydrogens is 434 g/mol. The van der Waals surface area contributed by atoms with Gasteiger partial charge in [-0.05, 0) is 68.2 Å². The quantitative estimate of drug-likeness (QED) is 0.646. The zero-order valence-corrected chi connectivity index (χ0v) is 19.6. The SMILES string of the molecule is C[C@H](C(=O)NCc1ccc(CN2CCCCC2)cc1)N(c1ccc(Cl)cc1)S(C)(=O)=O. The molecule has 1 N–H and O–H groups in total. The van der Waals surface area contributed by atoms with E-state index in [1.165, 1.54) is 24.8 Å². The third-order valence-corrected chi connectivity index (χ3v) is 7.01. The van der Waals surface area contributed by atoms with Crippen molar-refractivity contribution in [3.05, 3.63) is 64.7 Å². The number of hydrogen-bond donors (Lipinski definition) is 1. The maximum atomic E-state index is 12.7. The first-order valence-electron chi connectivity index (χ1n) is 10.6. The molecule has 1 heterocycles. The van der Waals surface area contributed by atoms with Gasteiger partial charge >= 0.3 is 0 Å². The summed E-state index contributed by atoms with van der Waals surface area (Å²) in [5, 5.41) is 3.35. The number of nitrogens with one attached hydrogen (secondary N) is 1. The molecule has 168 valence electrons. The monoisotopic (exact) mass is 463 g/mol. The third kappa shape index (κ3) is 6.69. The van der Waals surface area contributed by atoms with Crippen LogP contribution in [0.4, 0.5) is 5.69 Å². The Morgan fingerprint density at radius 2 is 1.61 bits per heavy atom. The van der Waals surface area contributed by atoms with Crippen LogP contribution in [0, 0.1) is 0 Å². The van der Waals surface area contributed by atoms with Gasteiger partial charge in [0.15, 0.2) is 0 Å². The fourth-order valence-corrected chi connectivity index (χ4v) is 5.17. The Morgan fingerprint density at radius 1 is 1.03 bits per heavy atom. The molecule has 1 fully saturated rings. The van der Waals surface area contributed by atoms with Crippen molar-refractivity contribution in [1.82, 2.24) is 10.2 Å². The summed E-state index contributed by atoms with van der Waals surface area (Å²) in [5.74, 6) is -0.363. The minimum Gasteiger partial charge on any atom is -0.350 e. The molecular formula is C23H30ClN3O3S. The van der Waals surface area contributed by atoms with Crippen LogP contribution in [0.5, 0.6) is 0 Å². The number of carbonyl (C=O) groups excluding carboxylic acids is 1. The molecule has 0 saturated carbocycles. The van der Waals surface area contributed by atoms with Crippen molar-refractivity contribution < 1.29 is 13.2 Å². The Labute approximate surface area is 190 Å². The second kappa shape index (κ2) is 10.5. The Morgan fingerprint density at radius 3 is 2.19 bits per heavy atom. The topological polar surface area (TPSA) is 69.7 Å². The highest BCUT2D eigenvalue weighted by Crippen LogP contribution is 2.23. The van der Waals surface area contributed by atoms with Crippen LogP contribution in [-0.4, -0.2) is 44.6 Å². The van der Waals surface area contributed by atoms with Gasteiger partial charge in [0.2, 0.25) is 15.9 Å². The lowest BCUT2D eigenvalue weighted by molar-refractivity contribution is -0.122. The van der Waals surface area contributed by atoms with Crippen LogP contribution in [0.25, 0.3) is 0 Å². The number of anilines is 1. The molecule has 3 rings (SSSR count). The first-order valence-corrected chi connectivity index (χ1v) is 12.8. The summed E-state index contributed by atoms with van der Waals surface area (Å²) >= 11 is 5.91. The van der Waals surface area contributed by atoms with Crippen LogP contribution in [0.2, 0.25) is 5.02 Å². The molecule has 0 aromatic heterocycles. The van der Waals surface area contributed by atoms with E-state index in [1.807, 2.05) is 12.1 Å². The second-order valence-corrected chi connectivity index (χ2v) is 10.4. The lowest BCUT2D eigenvalue weighted by Crippen LogP contribution is -2.47. The van der Waals surface area contributed by atoms with Gasteiger partial charge < -0.3 is 5.32 Å². The number of benzene rings is 2. The molecule has 1 atom stereocenters. The van der Waals surface area contributed by atoms with E-state index in [9.17, 15) is 13.2 Å². The van der Waals surface area contributed by atoms with Crippen molar-refractivity contribution in [2.75, 3.05) is 23.7 Å². The summed E-state index contributed by atoms with van der Waals surface area (Å²) in [4.78, 5) is 15.2. The molecule has 0 spiro atoms. The van der Waals surface area contributed by atoms with Gasteiger partial charge in [-0.15, -0.1) is 0 Å². The van der Waals surface area contributed by atoms with Gasteiger partial charge in [-0.2, -0.15) is 0 Å². The number of amides is 1. The van der Waals surface area contributed by atoms with Crippen LogP contribution in [0.15, 0.2) is 48.5 Å². The number of sulfonamides is 1. The largest absolute Gasteiger partial charge is 0.350 e. The van der Waals surface area contributed by atoms with Crippen molar-refractivity contribution in [2.24, 2.45) is 0 Å². The normalized spacial score (nSPS) is 16.0. The van der Waals surface area contributed by atoms with Crippen molar-refractivity contribution in [3.63, 3.8) is 0 Å². The number of carbonyl (C=O) groups is 1. The summed E-state index contributed by atoms with van der Waals surface area (Å²) in [6.07, 6.45) is 4.94. The van der Waals surface area contributed by atoms with Crippen LogP contribution in [0.1, 0.15) is 37.3 Å². The summed E-state index contributed by atoms with van der Waals surface area (Å²) in [5.41, 5.74) is 2.63. The van der Waals surface area contributed by atoms with E-state index < -0.39 is 16.1 Å². The van der Waals surface area contributed by atoms with E-state index in [0.717, 1.165) is 35.8 Å². The molecule has 0 unspecified atom stereocenters. The van der Waals surface area contributed by atoms with Gasteiger partial charge in [0, 0.05) is 18.1 Å². The predicted molar refractivity (Wildman–Crippen MR) is 126 cm³/mol. The van der Waals surface area contributed by atoms with Crippen molar-refractivity contribution in [3.8, 4) is 0 Å². The third-order valence-electron chi connectivity index (χ3n) is 5.51. The number of likely N-dealkylation sites (tertiary alicyclic amines) is 1. The summed E-state index contributed by atoms with van der Waals surface area (Å²) in [6.45, 7) is 5.17. The van der Waals surface area contributed by atoms with Gasteiger partial charge in [-0.25, -0.2) is 8.42 Å². The highest BCUT2D eigenvalue weighted by Gasteiger charge is 2.28. The second-order valence-electron chi connectivity index (χ2n) is 8.08. The smallest absolute Gasteiger partial charge is 0.243 e. The maximum absolute atomic E-state index is 12.7. The van der Waals surface area contributed by atoms with Crippen LogP contribution in [-0.2, 0) is 27.9 Å². The van der Waals surface area contributed by atoms with Crippen LogP contribution in [0.3, 0.4) is 0 Å². The Balaban J connectivity index is 1.60. The minimum absolute atomic E-state index is 0.339. The maximum Gasteiger partial charge on any atom is 0.243 e. The standard InChI is InChI=1S/C23H30ClN3O3S/c1-18(27(31(2,29)30)22-12-10-21(24)11-13-22)23(28)25-16-19-6-8-20(9-7-19)17-26-14-4-3-5-15-26/h6-13,18H,3-5,14-17H2,1-2H3,(H,25,28)/t18-/m1/s1. The predicted octanol–water partition coefficient (Wildman–Crippen LogP) is 3.80. The molecule has 1 amide bonds. The van der Waals surface area contributed by atoms with E-state index in [0.29, 0.717) is 17.3 Å². The van der Waals surface area contributed by atoms with Gasteiger partial charge in [0.05, 0.1) is 11.9 Å². The molecule has 0 radical (unpaired) electrons. The lowest BCUT2D eigenvalue weighted by Gasteiger charge is -2.28. The van der Waals surface area contributed by atoms with Gasteiger partial charge in [-0.3, -0.25) is 14.0 Å². The minimum atomic E-state index is -3.65. The van der Waals surface area contributed by atoms with Gasteiger partial charge in [-0.1, -0.05) is 42.3 Å². The fraction of sp³-hybridized carbons (Fsp3) is 0.435. The van der Waals surface area contributed by atoms with E-state index in [1.54, 1.807) is 31.2 Å². The zero-order valence-electron chi connectivity index (χ0n) is 18.1. The van der Waals surface area contributed by atoms with Crippen LogP contribution < -0.4 is 9.62 Å². The molecule has 2 aromatic rings. The molecule has 6 nitrogen and oxygen atoms in total. The van der Waals surface area contributed by atoms with Crippen molar-refractivity contribution in [2.45, 2.75) is 45.3 Å². The van der Waals surface area contributed by atoms with Crippen molar-refractivity contribution >= 4 is 33.2 Å². The highest BCUT2D eigenvalue weighted by molar-refractivity contribution is 7.92. The number of rotatable bonds is 8. The van der Waals surface area contributed by atoms with Gasteiger partial charge in [0.25, 0.3) is 0 Å². The lowest BCUT2D eigenvalue weighted by atomic mass is 10.1. The van der Waals surface area contributed by atoms with Crippen LogP contribution >= 0.6 is 11.6 Å². The highest BCUT2D eigenvalue weighted by atomic mass is 35.5. The molecule has 2 aromatic carbocycles. The average molecular weight is 464 g/mol. The fourth-order valence-electron chi connectivity index (χ4n) is 3.87. The number of halogens is 1. The Kier molecular flexibility index (Phi) is 7.97. The number of piperidine rings is 1. The summed E-state index contributed by atoms with van der Waals surface area (Å²) < 4.78 is 25.8. The van der Waals surface area contributed by atoms with E-state index >= 15 is 0 Å². The molecule has 1 saturated heterocycles. The first-order chi connectivity index (χ1) is 14.7. The molecule has 1 aliphatic heterocycles. The zero-order chi connectivity index (χ0) is 22.4. The average Bonchev–Trinajstić information content (AvgIpc) is 2.74. The Bertz CT molecular complexity index is 972. The molecule has 1 aliphatic rings. The number of nitrogens with zero attached hydrogens (tertiary/aromatic N) is 2. The van der Waals surface area contributed by atoms with Gasteiger partial charge in [0.1, 0.15) is 6.04 Å². The van der Waals surface area contributed by atoms with E-state index in [2.05, 4.69) is 22.3 Å². The summed E-state index contributed by atoms with van der Waals surface area (Å²) in [7, 11) is -3.65. The van der Waals surface area contributed by atoms with E-state index in [-0.39, 0.29) is 5.91 Å². The first kappa shape index (κ1) is 23.6. The Hall–Kier alpha value is -2.09. The molecule has 8 heteroatoms. The molecule has 31 heavy (non-hydrogen) atoms.